The lowest BCUT2D eigenvalue weighted by Crippen LogP contribution is -2.20. The summed E-state index contributed by atoms with van der Waals surface area (Å²) >= 11 is 1.52. The van der Waals surface area contributed by atoms with Gasteiger partial charge in [-0.25, -0.2) is 9.78 Å². The first kappa shape index (κ1) is 23.7. The molecule has 0 saturated carbocycles. The maximum atomic E-state index is 12.3. The standard InChI is InChI=1S/C23H24N4O5S/c1-14-11-17(15(2)27(14)23-24-9-10-33-23)5-8-22(30)32-13-21(29)26-19-12-18(25-16(3)28)6-7-20(19)31-4/h5-12H,13H2,1-4H3,(H,25,28)(H,26,29)/b8-5+. The fourth-order valence-corrected chi connectivity index (χ4v) is 3.94. The van der Waals surface area contributed by atoms with Crippen LogP contribution in [0.2, 0.25) is 0 Å². The Hall–Kier alpha value is -3.92. The summed E-state index contributed by atoms with van der Waals surface area (Å²) in [5, 5.41) is 7.99. The van der Waals surface area contributed by atoms with Crippen LogP contribution in [-0.2, 0) is 19.1 Å². The lowest BCUT2D eigenvalue weighted by atomic mass is 10.2. The first-order chi connectivity index (χ1) is 15.8. The molecule has 2 amide bonds. The van der Waals surface area contributed by atoms with E-state index in [4.69, 9.17) is 9.47 Å². The molecular formula is C23H24N4O5S. The first-order valence-electron chi connectivity index (χ1n) is 9.97. The van der Waals surface area contributed by atoms with Crippen LogP contribution >= 0.6 is 11.3 Å². The Morgan fingerprint density at radius 2 is 1.97 bits per heavy atom. The average Bonchev–Trinajstić information content (AvgIpc) is 3.38. The summed E-state index contributed by atoms with van der Waals surface area (Å²) in [4.78, 5) is 40.0. The van der Waals surface area contributed by atoms with Crippen molar-refractivity contribution in [2.24, 2.45) is 0 Å². The number of aromatic nitrogens is 2. The number of amides is 2. The van der Waals surface area contributed by atoms with E-state index in [0.29, 0.717) is 17.1 Å². The van der Waals surface area contributed by atoms with Gasteiger partial charge in [0.25, 0.3) is 5.91 Å². The molecule has 172 valence electrons. The Morgan fingerprint density at radius 3 is 2.64 bits per heavy atom. The fraction of sp³-hybridized carbons (Fsp3) is 0.217. The van der Waals surface area contributed by atoms with E-state index >= 15 is 0 Å². The van der Waals surface area contributed by atoms with E-state index in [9.17, 15) is 14.4 Å². The van der Waals surface area contributed by atoms with Gasteiger partial charge in [0.15, 0.2) is 11.7 Å². The van der Waals surface area contributed by atoms with Gasteiger partial charge in [0.1, 0.15) is 5.75 Å². The van der Waals surface area contributed by atoms with E-state index in [1.54, 1.807) is 30.5 Å². The zero-order valence-corrected chi connectivity index (χ0v) is 19.5. The minimum atomic E-state index is -0.650. The molecule has 0 bridgehead atoms. The van der Waals surface area contributed by atoms with Crippen molar-refractivity contribution >= 4 is 46.6 Å². The number of hydrogen-bond donors (Lipinski definition) is 2. The normalized spacial score (nSPS) is 10.8. The molecule has 2 heterocycles. The van der Waals surface area contributed by atoms with Crippen molar-refractivity contribution in [3.8, 4) is 10.9 Å². The molecule has 3 rings (SSSR count). The number of thiazole rings is 1. The molecule has 0 aliphatic rings. The topological polar surface area (TPSA) is 112 Å². The molecule has 3 aromatic rings. The number of hydrogen-bond acceptors (Lipinski definition) is 7. The third-order valence-corrected chi connectivity index (χ3v) is 5.38. The Kier molecular flexibility index (Phi) is 7.62. The number of methoxy groups -OCH3 is 1. The van der Waals surface area contributed by atoms with Gasteiger partial charge >= 0.3 is 5.97 Å². The van der Waals surface area contributed by atoms with Gasteiger partial charge in [0.05, 0.1) is 12.8 Å². The molecule has 2 aromatic heterocycles. The molecular weight excluding hydrogens is 444 g/mol. The number of benzene rings is 1. The summed E-state index contributed by atoms with van der Waals surface area (Å²) in [5.41, 5.74) is 3.62. The van der Waals surface area contributed by atoms with Gasteiger partial charge < -0.3 is 20.1 Å². The summed E-state index contributed by atoms with van der Waals surface area (Å²) < 4.78 is 12.3. The lowest BCUT2D eigenvalue weighted by Gasteiger charge is -2.12. The second-order valence-corrected chi connectivity index (χ2v) is 7.94. The molecule has 0 unspecified atom stereocenters. The van der Waals surface area contributed by atoms with Crippen LogP contribution in [0.4, 0.5) is 11.4 Å². The second-order valence-electron chi connectivity index (χ2n) is 7.06. The van der Waals surface area contributed by atoms with Gasteiger partial charge in [-0.1, -0.05) is 0 Å². The van der Waals surface area contributed by atoms with E-state index in [1.807, 2.05) is 29.9 Å². The highest BCUT2D eigenvalue weighted by Crippen LogP contribution is 2.28. The Balaban J connectivity index is 1.59. The van der Waals surface area contributed by atoms with E-state index in [1.165, 1.54) is 31.4 Å². The lowest BCUT2D eigenvalue weighted by molar-refractivity contribution is -0.142. The van der Waals surface area contributed by atoms with Crippen molar-refractivity contribution in [2.75, 3.05) is 24.4 Å². The van der Waals surface area contributed by atoms with Gasteiger partial charge in [-0.05, 0) is 49.8 Å². The van der Waals surface area contributed by atoms with Crippen molar-refractivity contribution in [1.82, 2.24) is 9.55 Å². The third kappa shape index (κ3) is 6.07. The molecule has 0 atom stereocenters. The van der Waals surface area contributed by atoms with Crippen LogP contribution in [0, 0.1) is 13.8 Å². The van der Waals surface area contributed by atoms with Gasteiger partial charge in [0.2, 0.25) is 5.91 Å². The summed E-state index contributed by atoms with van der Waals surface area (Å²) in [6.07, 6.45) is 4.66. The smallest absolute Gasteiger partial charge is 0.331 e. The van der Waals surface area contributed by atoms with Crippen molar-refractivity contribution in [3.05, 3.63) is 58.9 Å². The van der Waals surface area contributed by atoms with E-state index in [-0.39, 0.29) is 5.91 Å². The van der Waals surface area contributed by atoms with E-state index in [0.717, 1.165) is 22.1 Å². The van der Waals surface area contributed by atoms with Crippen LogP contribution in [0.25, 0.3) is 11.2 Å². The van der Waals surface area contributed by atoms with Gasteiger partial charge in [-0.2, -0.15) is 0 Å². The van der Waals surface area contributed by atoms with Crippen LogP contribution in [0.5, 0.6) is 5.75 Å². The summed E-state index contributed by atoms with van der Waals surface area (Å²) in [6, 6.07) is 6.75. The van der Waals surface area contributed by atoms with Crippen molar-refractivity contribution in [1.29, 1.82) is 0 Å². The number of ether oxygens (including phenoxy) is 2. The van der Waals surface area contributed by atoms with Crippen LogP contribution < -0.4 is 15.4 Å². The molecule has 0 spiro atoms. The highest BCUT2D eigenvalue weighted by molar-refractivity contribution is 7.12. The Morgan fingerprint density at radius 1 is 1.18 bits per heavy atom. The minimum Gasteiger partial charge on any atom is -0.495 e. The zero-order valence-electron chi connectivity index (χ0n) is 18.7. The van der Waals surface area contributed by atoms with Crippen LogP contribution in [0.15, 0.2) is 41.9 Å². The molecule has 10 heteroatoms. The molecule has 0 radical (unpaired) electrons. The number of nitrogens with zero attached hydrogens (tertiary/aromatic N) is 2. The first-order valence-corrected chi connectivity index (χ1v) is 10.9. The van der Waals surface area contributed by atoms with Gasteiger partial charge in [0, 0.05) is 41.7 Å². The van der Waals surface area contributed by atoms with E-state index in [2.05, 4.69) is 15.6 Å². The number of rotatable bonds is 8. The third-order valence-electron chi connectivity index (χ3n) is 4.62. The van der Waals surface area contributed by atoms with Crippen LogP contribution in [0.3, 0.4) is 0 Å². The minimum absolute atomic E-state index is 0.245. The molecule has 1 aromatic carbocycles. The van der Waals surface area contributed by atoms with Crippen LogP contribution in [0.1, 0.15) is 23.9 Å². The second kappa shape index (κ2) is 10.6. The molecule has 9 nitrogen and oxygen atoms in total. The maximum Gasteiger partial charge on any atom is 0.331 e. The highest BCUT2D eigenvalue weighted by atomic mass is 32.1. The number of carbonyl (C=O) groups is 3. The SMILES string of the molecule is COc1ccc(NC(C)=O)cc1NC(=O)COC(=O)/C=C/c1cc(C)n(-c2nccs2)c1C. The Bertz CT molecular complexity index is 1200. The number of nitrogens with one attached hydrogen (secondary N) is 2. The predicted molar refractivity (Wildman–Crippen MR) is 127 cm³/mol. The summed E-state index contributed by atoms with van der Waals surface area (Å²) in [5.74, 6) is -1.04. The number of carbonyl (C=O) groups excluding carboxylic acids is 3. The predicted octanol–water partition coefficient (Wildman–Crippen LogP) is 3.71. The van der Waals surface area contributed by atoms with Crippen LogP contribution in [-0.4, -0.2) is 41.1 Å². The largest absolute Gasteiger partial charge is 0.495 e. The number of aryl methyl sites for hydroxylation is 1. The Labute approximate surface area is 195 Å². The molecule has 0 aliphatic carbocycles. The molecule has 0 saturated heterocycles. The summed E-state index contributed by atoms with van der Waals surface area (Å²) in [7, 11) is 1.46. The number of anilines is 2. The fourth-order valence-electron chi connectivity index (χ4n) is 3.19. The van der Waals surface area contributed by atoms with Crippen molar-refractivity contribution in [3.63, 3.8) is 0 Å². The van der Waals surface area contributed by atoms with Crippen molar-refractivity contribution in [2.45, 2.75) is 20.8 Å². The molecule has 0 aliphatic heterocycles. The van der Waals surface area contributed by atoms with Crippen molar-refractivity contribution < 1.29 is 23.9 Å². The molecule has 33 heavy (non-hydrogen) atoms. The number of esters is 1. The average molecular weight is 469 g/mol. The molecule has 0 fully saturated rings. The molecule has 2 N–H and O–H groups in total. The zero-order chi connectivity index (χ0) is 24.0. The van der Waals surface area contributed by atoms with E-state index < -0.39 is 18.5 Å². The highest BCUT2D eigenvalue weighted by Gasteiger charge is 2.13. The quantitative estimate of drug-likeness (QED) is 0.385. The van der Waals surface area contributed by atoms with Gasteiger partial charge in [-0.3, -0.25) is 14.2 Å². The summed E-state index contributed by atoms with van der Waals surface area (Å²) in [6.45, 7) is 4.81. The monoisotopic (exact) mass is 468 g/mol. The van der Waals surface area contributed by atoms with Gasteiger partial charge in [-0.15, -0.1) is 11.3 Å². The maximum absolute atomic E-state index is 12.3.